The number of likely N-dealkylation sites (tertiary alicyclic amines) is 1. The summed E-state index contributed by atoms with van der Waals surface area (Å²) >= 11 is 0. The predicted molar refractivity (Wildman–Crippen MR) is 74.9 cm³/mol. The third kappa shape index (κ3) is 3.13. The maximum atomic E-state index is 12.2. The number of carbonyl (C=O) groups excluding carboxylic acids is 2. The van der Waals surface area contributed by atoms with E-state index in [0.29, 0.717) is 6.54 Å². The van der Waals surface area contributed by atoms with E-state index in [9.17, 15) is 9.59 Å². The first-order chi connectivity index (χ1) is 9.11. The summed E-state index contributed by atoms with van der Waals surface area (Å²) in [4.78, 5) is 25.3. The van der Waals surface area contributed by atoms with E-state index in [0.717, 1.165) is 24.9 Å². The van der Waals surface area contributed by atoms with Crippen LogP contribution in [0.2, 0.25) is 0 Å². The molecule has 1 aliphatic heterocycles. The molecule has 19 heavy (non-hydrogen) atoms. The fourth-order valence-electron chi connectivity index (χ4n) is 2.47. The normalized spacial score (nSPS) is 18.4. The van der Waals surface area contributed by atoms with E-state index >= 15 is 0 Å². The molecule has 1 N–H and O–H groups in total. The van der Waals surface area contributed by atoms with Crippen molar-refractivity contribution in [3.05, 3.63) is 29.8 Å². The molecule has 0 aliphatic carbocycles. The van der Waals surface area contributed by atoms with Gasteiger partial charge in [0.05, 0.1) is 0 Å². The first-order valence-electron chi connectivity index (χ1n) is 6.79. The molecule has 4 heteroatoms. The Labute approximate surface area is 113 Å². The summed E-state index contributed by atoms with van der Waals surface area (Å²) in [5.74, 6) is -0.115. The molecular weight excluding hydrogens is 240 g/mol. The number of nitrogens with one attached hydrogen (secondary N) is 1. The van der Waals surface area contributed by atoms with Crippen LogP contribution in [0.25, 0.3) is 0 Å². The van der Waals surface area contributed by atoms with Crippen molar-refractivity contribution in [3.8, 4) is 0 Å². The van der Waals surface area contributed by atoms with Crippen LogP contribution in [0.4, 0.5) is 5.69 Å². The van der Waals surface area contributed by atoms with Gasteiger partial charge in [0.25, 0.3) is 0 Å². The largest absolute Gasteiger partial charge is 0.331 e. The van der Waals surface area contributed by atoms with Crippen LogP contribution in [0.3, 0.4) is 0 Å². The second-order valence-electron chi connectivity index (χ2n) is 4.91. The van der Waals surface area contributed by atoms with Crippen molar-refractivity contribution in [1.29, 1.82) is 0 Å². The van der Waals surface area contributed by atoms with Gasteiger partial charge >= 0.3 is 0 Å². The second kappa shape index (κ2) is 5.87. The van der Waals surface area contributed by atoms with E-state index in [2.05, 4.69) is 12.2 Å². The van der Waals surface area contributed by atoms with Gasteiger partial charge in [0.1, 0.15) is 6.04 Å². The van der Waals surface area contributed by atoms with Gasteiger partial charge in [-0.3, -0.25) is 9.59 Å². The number of anilines is 1. The van der Waals surface area contributed by atoms with Gasteiger partial charge in [-0.15, -0.1) is 0 Å². The van der Waals surface area contributed by atoms with E-state index in [1.54, 1.807) is 4.90 Å². The number of benzene rings is 1. The molecular formula is C15H20N2O2. The summed E-state index contributed by atoms with van der Waals surface area (Å²) < 4.78 is 0. The Bertz CT molecular complexity index is 468. The maximum absolute atomic E-state index is 12.2. The van der Waals surface area contributed by atoms with E-state index in [4.69, 9.17) is 0 Å². The number of rotatable bonds is 3. The molecule has 1 aromatic rings. The molecule has 4 nitrogen and oxygen atoms in total. The molecule has 0 unspecified atom stereocenters. The van der Waals surface area contributed by atoms with Crippen molar-refractivity contribution in [2.45, 2.75) is 39.2 Å². The maximum Gasteiger partial charge on any atom is 0.247 e. The molecule has 1 fully saturated rings. The topological polar surface area (TPSA) is 49.4 Å². The molecule has 1 aromatic carbocycles. The highest BCUT2D eigenvalue weighted by Gasteiger charge is 2.32. The Balaban J connectivity index is 2.01. The summed E-state index contributed by atoms with van der Waals surface area (Å²) in [5.41, 5.74) is 2.03. The Morgan fingerprint density at radius 2 is 2.00 bits per heavy atom. The average molecular weight is 260 g/mol. The lowest BCUT2D eigenvalue weighted by atomic mass is 10.1. The molecule has 0 saturated carbocycles. The quantitative estimate of drug-likeness (QED) is 0.905. The van der Waals surface area contributed by atoms with Crippen LogP contribution in [0, 0.1) is 0 Å². The predicted octanol–water partition coefficient (Wildman–Crippen LogP) is 2.20. The van der Waals surface area contributed by atoms with Crippen molar-refractivity contribution in [2.75, 3.05) is 11.9 Å². The summed E-state index contributed by atoms with van der Waals surface area (Å²) in [7, 11) is 0. The Kier molecular flexibility index (Phi) is 4.20. The summed E-state index contributed by atoms with van der Waals surface area (Å²) in [6.07, 6.45) is 2.62. The third-order valence-electron chi connectivity index (χ3n) is 3.59. The zero-order valence-electron chi connectivity index (χ0n) is 11.5. The summed E-state index contributed by atoms with van der Waals surface area (Å²) in [6.45, 7) is 4.29. The zero-order chi connectivity index (χ0) is 13.8. The van der Waals surface area contributed by atoms with E-state index in [-0.39, 0.29) is 17.9 Å². The minimum Gasteiger partial charge on any atom is -0.331 e. The SMILES string of the molecule is CCc1ccc(NC(=O)[C@@H]2CCCN2C(C)=O)cc1. The first kappa shape index (κ1) is 13.6. The van der Waals surface area contributed by atoms with Gasteiger partial charge in [-0.1, -0.05) is 19.1 Å². The number of nitrogens with zero attached hydrogens (tertiary/aromatic N) is 1. The second-order valence-corrected chi connectivity index (χ2v) is 4.91. The minimum atomic E-state index is -0.316. The molecule has 1 atom stereocenters. The van der Waals surface area contributed by atoms with Crippen LogP contribution in [0.1, 0.15) is 32.3 Å². The molecule has 2 amide bonds. The molecule has 0 bridgehead atoms. The van der Waals surface area contributed by atoms with Crippen molar-refractivity contribution < 1.29 is 9.59 Å². The molecule has 0 radical (unpaired) electrons. The molecule has 102 valence electrons. The molecule has 1 aliphatic rings. The Hall–Kier alpha value is -1.84. The van der Waals surface area contributed by atoms with Crippen LogP contribution in [-0.2, 0) is 16.0 Å². The minimum absolute atomic E-state index is 0.0287. The number of amides is 2. The monoisotopic (exact) mass is 260 g/mol. The van der Waals surface area contributed by atoms with E-state index in [1.165, 1.54) is 12.5 Å². The smallest absolute Gasteiger partial charge is 0.247 e. The highest BCUT2D eigenvalue weighted by molar-refractivity contribution is 5.97. The Morgan fingerprint density at radius 1 is 1.32 bits per heavy atom. The number of hydrogen-bond acceptors (Lipinski definition) is 2. The number of hydrogen-bond donors (Lipinski definition) is 1. The molecule has 0 spiro atoms. The van der Waals surface area contributed by atoms with Crippen LogP contribution < -0.4 is 5.32 Å². The van der Waals surface area contributed by atoms with Crippen molar-refractivity contribution in [1.82, 2.24) is 4.90 Å². The van der Waals surface area contributed by atoms with Crippen LogP contribution in [-0.4, -0.2) is 29.3 Å². The lowest BCUT2D eigenvalue weighted by Gasteiger charge is -2.22. The van der Waals surface area contributed by atoms with Crippen LogP contribution in [0.5, 0.6) is 0 Å². The molecule has 0 aromatic heterocycles. The zero-order valence-corrected chi connectivity index (χ0v) is 11.5. The van der Waals surface area contributed by atoms with Gasteiger partial charge in [-0.25, -0.2) is 0 Å². The molecule has 2 rings (SSSR count). The lowest BCUT2D eigenvalue weighted by molar-refractivity contribution is -0.134. The van der Waals surface area contributed by atoms with Gasteiger partial charge in [-0.2, -0.15) is 0 Å². The van der Waals surface area contributed by atoms with Crippen molar-refractivity contribution in [2.24, 2.45) is 0 Å². The lowest BCUT2D eigenvalue weighted by Crippen LogP contribution is -2.42. The number of aryl methyl sites for hydroxylation is 1. The van der Waals surface area contributed by atoms with E-state index < -0.39 is 0 Å². The van der Waals surface area contributed by atoms with Crippen molar-refractivity contribution in [3.63, 3.8) is 0 Å². The van der Waals surface area contributed by atoms with Crippen LogP contribution in [0.15, 0.2) is 24.3 Å². The van der Waals surface area contributed by atoms with E-state index in [1.807, 2.05) is 24.3 Å². The van der Waals surface area contributed by atoms with Gasteiger partial charge in [0.15, 0.2) is 0 Å². The highest BCUT2D eigenvalue weighted by Crippen LogP contribution is 2.19. The fraction of sp³-hybridized carbons (Fsp3) is 0.467. The Morgan fingerprint density at radius 3 is 2.58 bits per heavy atom. The number of carbonyl (C=O) groups is 2. The average Bonchev–Trinajstić information content (AvgIpc) is 2.89. The fourth-order valence-corrected chi connectivity index (χ4v) is 2.47. The van der Waals surface area contributed by atoms with Gasteiger partial charge < -0.3 is 10.2 Å². The summed E-state index contributed by atoms with van der Waals surface area (Å²) in [5, 5.41) is 2.89. The highest BCUT2D eigenvalue weighted by atomic mass is 16.2. The van der Waals surface area contributed by atoms with Gasteiger partial charge in [-0.05, 0) is 37.0 Å². The van der Waals surface area contributed by atoms with Crippen molar-refractivity contribution >= 4 is 17.5 Å². The van der Waals surface area contributed by atoms with Gasteiger partial charge in [0, 0.05) is 19.2 Å². The first-order valence-corrected chi connectivity index (χ1v) is 6.79. The summed E-state index contributed by atoms with van der Waals surface area (Å²) in [6, 6.07) is 7.51. The van der Waals surface area contributed by atoms with Crippen LogP contribution >= 0.6 is 0 Å². The third-order valence-corrected chi connectivity index (χ3v) is 3.59. The molecule has 1 saturated heterocycles. The standard InChI is InChI=1S/C15H20N2O2/c1-3-12-6-8-13(9-7-12)16-15(19)14-5-4-10-17(14)11(2)18/h6-9,14H,3-5,10H2,1-2H3,(H,16,19)/t14-/m0/s1. The molecule has 1 heterocycles. The van der Waals surface area contributed by atoms with Gasteiger partial charge in [0.2, 0.25) is 11.8 Å².